The predicted molar refractivity (Wildman–Crippen MR) is 124 cm³/mol. The fourth-order valence-corrected chi connectivity index (χ4v) is 6.00. The average Bonchev–Trinajstić information content (AvgIpc) is 3.22. The van der Waals surface area contributed by atoms with Crippen LogP contribution >= 0.6 is 23.1 Å². The Bertz CT molecular complexity index is 988. The number of halogens is 2. The second-order valence-electron chi connectivity index (χ2n) is 8.55. The summed E-state index contributed by atoms with van der Waals surface area (Å²) in [6, 6.07) is 9.86. The second-order valence-corrected chi connectivity index (χ2v) is 10.7. The molecule has 0 bridgehead atoms. The summed E-state index contributed by atoms with van der Waals surface area (Å²) in [5, 5.41) is 30.9. The van der Waals surface area contributed by atoms with E-state index >= 15 is 0 Å². The summed E-state index contributed by atoms with van der Waals surface area (Å²) in [5.41, 5.74) is 3.27. The minimum atomic E-state index is -2.59. The Balaban J connectivity index is 1.53. The lowest BCUT2D eigenvalue weighted by Crippen LogP contribution is -2.52. The van der Waals surface area contributed by atoms with Gasteiger partial charge in [-0.25, -0.2) is 8.78 Å². The zero-order chi connectivity index (χ0) is 23.0. The summed E-state index contributed by atoms with van der Waals surface area (Å²) >= 11 is 2.91. The van der Waals surface area contributed by atoms with Crippen LogP contribution in [0.1, 0.15) is 51.8 Å². The van der Waals surface area contributed by atoms with E-state index < -0.39 is 35.8 Å². The zero-order valence-electron chi connectivity index (χ0n) is 18.0. The molecule has 2 heterocycles. The Morgan fingerprint density at radius 2 is 1.91 bits per heavy atom. The van der Waals surface area contributed by atoms with Gasteiger partial charge >= 0.3 is 0 Å². The first-order valence-electron chi connectivity index (χ1n) is 10.7. The molecule has 1 aliphatic carbocycles. The molecule has 2 aliphatic rings. The number of aliphatic hydroxyl groups excluding tert-OH is 3. The number of alkyl halides is 2. The molecule has 0 radical (unpaired) electrons. The lowest BCUT2D eigenvalue weighted by Gasteiger charge is -2.40. The molecule has 8 heteroatoms. The number of aryl methyl sites for hydroxylation is 1. The van der Waals surface area contributed by atoms with Crippen molar-refractivity contribution >= 4 is 28.7 Å². The molecule has 2 aromatic rings. The summed E-state index contributed by atoms with van der Waals surface area (Å²) < 4.78 is 32.8. The molecule has 1 aliphatic heterocycles. The lowest BCUT2D eigenvalue weighted by molar-refractivity contribution is -0.200. The van der Waals surface area contributed by atoms with E-state index in [1.165, 1.54) is 11.8 Å². The SMILES string of the molecule is CS[C@H]1O[C@@H](c2ccc(C)c(Cc3ccc(C4=CCC(F)(F)CC4)s3)c2)C(O)[C@@H](O)C1O. The molecule has 1 fully saturated rings. The van der Waals surface area contributed by atoms with Gasteiger partial charge < -0.3 is 20.1 Å². The minimum Gasteiger partial charge on any atom is -0.387 e. The highest BCUT2D eigenvalue weighted by Gasteiger charge is 2.44. The second kappa shape index (κ2) is 9.52. The third-order valence-electron chi connectivity index (χ3n) is 6.25. The number of rotatable bonds is 5. The van der Waals surface area contributed by atoms with E-state index in [2.05, 4.69) is 0 Å². The van der Waals surface area contributed by atoms with E-state index in [9.17, 15) is 24.1 Å². The smallest absolute Gasteiger partial charge is 0.251 e. The Morgan fingerprint density at radius 1 is 1.12 bits per heavy atom. The Labute approximate surface area is 194 Å². The molecule has 1 aromatic carbocycles. The molecular weight excluding hydrogens is 454 g/mol. The van der Waals surface area contributed by atoms with Crippen molar-refractivity contribution in [1.82, 2.24) is 0 Å². The number of hydrogen-bond acceptors (Lipinski definition) is 6. The van der Waals surface area contributed by atoms with Crippen LogP contribution in [0.3, 0.4) is 0 Å². The molecule has 2 unspecified atom stereocenters. The van der Waals surface area contributed by atoms with Crippen LogP contribution in [0.4, 0.5) is 8.78 Å². The predicted octanol–water partition coefficient (Wildman–Crippen LogP) is 4.69. The molecule has 4 rings (SSSR count). The van der Waals surface area contributed by atoms with Crippen molar-refractivity contribution in [3.05, 3.63) is 62.9 Å². The molecular formula is C24H28F2O4S2. The fourth-order valence-electron chi connectivity index (χ4n) is 4.23. The summed E-state index contributed by atoms with van der Waals surface area (Å²) in [6.07, 6.45) is -0.191. The third kappa shape index (κ3) is 4.95. The molecule has 0 amide bonds. The van der Waals surface area contributed by atoms with Gasteiger partial charge in [0.25, 0.3) is 5.92 Å². The zero-order valence-corrected chi connectivity index (χ0v) is 19.6. The maximum Gasteiger partial charge on any atom is 0.251 e. The van der Waals surface area contributed by atoms with Crippen LogP contribution < -0.4 is 0 Å². The van der Waals surface area contributed by atoms with E-state index in [0.717, 1.165) is 32.0 Å². The van der Waals surface area contributed by atoms with E-state index in [4.69, 9.17) is 4.74 Å². The van der Waals surface area contributed by atoms with Crippen LogP contribution in [-0.4, -0.2) is 51.2 Å². The molecule has 5 atom stereocenters. The van der Waals surface area contributed by atoms with Gasteiger partial charge in [-0.1, -0.05) is 24.3 Å². The van der Waals surface area contributed by atoms with Crippen LogP contribution in [0, 0.1) is 6.92 Å². The van der Waals surface area contributed by atoms with E-state index in [1.54, 1.807) is 23.7 Å². The van der Waals surface area contributed by atoms with Crippen LogP contribution in [0.2, 0.25) is 0 Å². The topological polar surface area (TPSA) is 69.9 Å². The van der Waals surface area contributed by atoms with Crippen molar-refractivity contribution in [2.45, 2.75) is 68.4 Å². The van der Waals surface area contributed by atoms with Gasteiger partial charge in [0.05, 0.1) is 0 Å². The number of benzene rings is 1. The number of aliphatic hydroxyl groups is 3. The number of allylic oxidation sites excluding steroid dienone is 2. The van der Waals surface area contributed by atoms with Crippen LogP contribution in [0.15, 0.2) is 36.4 Å². The maximum atomic E-state index is 13.4. The molecule has 1 saturated heterocycles. The normalized spacial score (nSPS) is 30.2. The summed E-state index contributed by atoms with van der Waals surface area (Å²) in [7, 11) is 0. The van der Waals surface area contributed by atoms with Crippen molar-refractivity contribution < 1.29 is 28.8 Å². The van der Waals surface area contributed by atoms with Crippen LogP contribution in [0.5, 0.6) is 0 Å². The highest BCUT2D eigenvalue weighted by atomic mass is 32.2. The number of hydrogen-bond donors (Lipinski definition) is 3. The standard InChI is InChI=1S/C24H28F2O4S2/c1-13-3-4-15(22-20(28)19(27)21(29)23(30-22)31-2)11-16(13)12-17-5-6-18(32-17)14-7-9-24(25,26)10-8-14/h3-7,11,19-23,27-29H,8-10,12H2,1-2H3/t19-,20?,21?,22+,23-/m1/s1. The van der Waals surface area contributed by atoms with Crippen molar-refractivity contribution in [2.24, 2.45) is 0 Å². The van der Waals surface area contributed by atoms with Crippen LogP contribution in [-0.2, 0) is 11.2 Å². The van der Waals surface area contributed by atoms with Crippen molar-refractivity contribution in [3.8, 4) is 0 Å². The van der Waals surface area contributed by atoms with Gasteiger partial charge in [0.2, 0.25) is 0 Å². The number of thioether (sulfide) groups is 1. The van der Waals surface area contributed by atoms with Crippen molar-refractivity contribution in [2.75, 3.05) is 6.26 Å². The Morgan fingerprint density at radius 3 is 2.59 bits per heavy atom. The summed E-state index contributed by atoms with van der Waals surface area (Å²) in [6.45, 7) is 2.01. The Kier molecular flexibility index (Phi) is 7.10. The highest BCUT2D eigenvalue weighted by Crippen LogP contribution is 2.39. The van der Waals surface area contributed by atoms with E-state index in [-0.39, 0.29) is 12.8 Å². The van der Waals surface area contributed by atoms with Gasteiger partial charge in [-0.05, 0) is 54.0 Å². The van der Waals surface area contributed by atoms with Gasteiger partial charge in [0.1, 0.15) is 29.9 Å². The van der Waals surface area contributed by atoms with Crippen LogP contribution in [0.25, 0.3) is 5.57 Å². The van der Waals surface area contributed by atoms with Gasteiger partial charge in [0.15, 0.2) is 0 Å². The van der Waals surface area contributed by atoms with E-state index in [0.29, 0.717) is 12.8 Å². The minimum absolute atomic E-state index is 0.103. The van der Waals surface area contributed by atoms with Gasteiger partial charge in [0, 0.05) is 29.0 Å². The van der Waals surface area contributed by atoms with Gasteiger partial charge in [-0.3, -0.25) is 0 Å². The lowest BCUT2D eigenvalue weighted by atomic mass is 9.92. The average molecular weight is 483 g/mol. The molecule has 4 nitrogen and oxygen atoms in total. The molecule has 174 valence electrons. The first-order chi connectivity index (χ1) is 15.2. The fraction of sp³-hybridized carbons (Fsp3) is 0.500. The monoisotopic (exact) mass is 482 g/mol. The molecule has 0 spiro atoms. The third-order valence-corrected chi connectivity index (χ3v) is 8.27. The molecule has 32 heavy (non-hydrogen) atoms. The molecule has 1 aromatic heterocycles. The number of thiophene rings is 1. The largest absolute Gasteiger partial charge is 0.387 e. The summed E-state index contributed by atoms with van der Waals surface area (Å²) in [5.74, 6) is -2.59. The van der Waals surface area contributed by atoms with Gasteiger partial charge in [-0.15, -0.1) is 23.1 Å². The highest BCUT2D eigenvalue weighted by molar-refractivity contribution is 7.99. The van der Waals surface area contributed by atoms with Crippen molar-refractivity contribution in [1.29, 1.82) is 0 Å². The number of ether oxygens (including phenoxy) is 1. The first kappa shape index (κ1) is 23.9. The Hall–Kier alpha value is -1.29. The molecule has 0 saturated carbocycles. The quantitative estimate of drug-likeness (QED) is 0.577. The van der Waals surface area contributed by atoms with Gasteiger partial charge in [-0.2, -0.15) is 0 Å². The maximum absolute atomic E-state index is 13.4. The van der Waals surface area contributed by atoms with Crippen molar-refractivity contribution in [3.63, 3.8) is 0 Å². The van der Waals surface area contributed by atoms with E-state index in [1.807, 2.05) is 37.3 Å². The summed E-state index contributed by atoms with van der Waals surface area (Å²) in [4.78, 5) is 2.16. The first-order valence-corrected chi connectivity index (χ1v) is 12.8. The molecule has 3 N–H and O–H groups in total.